The van der Waals surface area contributed by atoms with Crippen molar-refractivity contribution in [3.63, 3.8) is 0 Å². The minimum absolute atomic E-state index is 0.0518. The van der Waals surface area contributed by atoms with E-state index in [0.29, 0.717) is 22.6 Å². The van der Waals surface area contributed by atoms with E-state index in [1.165, 1.54) is 11.1 Å². The smallest absolute Gasteiger partial charge is 0.163 e. The third-order valence-corrected chi connectivity index (χ3v) is 5.70. The average molecular weight is 438 g/mol. The average Bonchev–Trinajstić information content (AvgIpc) is 2.78. The fourth-order valence-corrected chi connectivity index (χ4v) is 4.08. The highest BCUT2D eigenvalue weighted by Gasteiger charge is 2.20. The lowest BCUT2D eigenvalue weighted by molar-refractivity contribution is 0.243. The molecule has 3 heterocycles. The Hall–Kier alpha value is -2.70. The van der Waals surface area contributed by atoms with Gasteiger partial charge in [0.05, 0.1) is 18.0 Å². The van der Waals surface area contributed by atoms with E-state index in [-0.39, 0.29) is 6.10 Å². The molecule has 4 rings (SSSR count). The number of pyridine rings is 1. The van der Waals surface area contributed by atoms with Crippen LogP contribution in [0.3, 0.4) is 0 Å². The van der Waals surface area contributed by atoms with Crippen LogP contribution in [0.5, 0.6) is 5.75 Å². The SMILES string of the molecule is Cc1cc(Nc2nc(-c3cccnc3)ncc2Cl)c(OC(C)C)cc1C1CCNCC1. The van der Waals surface area contributed by atoms with Gasteiger partial charge in [-0.15, -0.1) is 0 Å². The molecule has 0 atom stereocenters. The number of anilines is 2. The van der Waals surface area contributed by atoms with Crippen molar-refractivity contribution >= 4 is 23.1 Å². The van der Waals surface area contributed by atoms with Crippen LogP contribution in [0.25, 0.3) is 11.4 Å². The fourth-order valence-electron chi connectivity index (χ4n) is 3.94. The number of aromatic nitrogens is 3. The lowest BCUT2D eigenvalue weighted by atomic mass is 9.87. The Kier molecular flexibility index (Phi) is 6.68. The molecule has 2 N–H and O–H groups in total. The van der Waals surface area contributed by atoms with Gasteiger partial charge < -0.3 is 15.4 Å². The van der Waals surface area contributed by atoms with Crippen LogP contribution in [0.2, 0.25) is 5.02 Å². The summed E-state index contributed by atoms with van der Waals surface area (Å²) in [4.78, 5) is 13.1. The monoisotopic (exact) mass is 437 g/mol. The quantitative estimate of drug-likeness (QED) is 0.530. The zero-order valence-corrected chi connectivity index (χ0v) is 18.9. The summed E-state index contributed by atoms with van der Waals surface area (Å²) in [5.74, 6) is 2.46. The second kappa shape index (κ2) is 9.62. The minimum atomic E-state index is 0.0518. The number of ether oxygens (including phenoxy) is 1. The van der Waals surface area contributed by atoms with E-state index in [4.69, 9.17) is 16.3 Å². The summed E-state index contributed by atoms with van der Waals surface area (Å²) in [5.41, 5.74) is 4.27. The molecule has 7 heteroatoms. The Bertz CT molecular complexity index is 1040. The highest BCUT2D eigenvalue weighted by Crippen LogP contribution is 2.38. The van der Waals surface area contributed by atoms with Gasteiger partial charge in [-0.2, -0.15) is 0 Å². The Labute approximate surface area is 188 Å². The number of aryl methyl sites for hydroxylation is 1. The summed E-state index contributed by atoms with van der Waals surface area (Å²) >= 11 is 6.43. The Balaban J connectivity index is 1.69. The van der Waals surface area contributed by atoms with Crippen LogP contribution in [0, 0.1) is 6.92 Å². The molecule has 0 amide bonds. The predicted molar refractivity (Wildman–Crippen MR) is 125 cm³/mol. The van der Waals surface area contributed by atoms with Gasteiger partial charge in [0.2, 0.25) is 0 Å². The van der Waals surface area contributed by atoms with Crippen molar-refractivity contribution in [3.8, 4) is 17.1 Å². The molecule has 1 fully saturated rings. The highest BCUT2D eigenvalue weighted by atomic mass is 35.5. The molecular formula is C24H28ClN5O. The third-order valence-electron chi connectivity index (χ3n) is 5.43. The van der Waals surface area contributed by atoms with Gasteiger partial charge in [0, 0.05) is 18.0 Å². The summed E-state index contributed by atoms with van der Waals surface area (Å²) in [7, 11) is 0. The molecular weight excluding hydrogens is 410 g/mol. The van der Waals surface area contributed by atoms with Crippen LogP contribution in [-0.4, -0.2) is 34.1 Å². The molecule has 0 aliphatic carbocycles. The van der Waals surface area contributed by atoms with E-state index in [0.717, 1.165) is 42.9 Å². The highest BCUT2D eigenvalue weighted by molar-refractivity contribution is 6.32. The maximum Gasteiger partial charge on any atom is 0.163 e. The second-order valence-corrected chi connectivity index (χ2v) is 8.56. The molecule has 1 aromatic carbocycles. The maximum absolute atomic E-state index is 6.43. The minimum Gasteiger partial charge on any atom is -0.489 e. The number of rotatable bonds is 6. The van der Waals surface area contributed by atoms with Gasteiger partial charge in [-0.3, -0.25) is 4.98 Å². The molecule has 1 aliphatic rings. The molecule has 2 aromatic heterocycles. The van der Waals surface area contributed by atoms with E-state index in [9.17, 15) is 0 Å². The summed E-state index contributed by atoms with van der Waals surface area (Å²) in [6, 6.07) is 8.10. The van der Waals surface area contributed by atoms with E-state index >= 15 is 0 Å². The topological polar surface area (TPSA) is 72.0 Å². The third kappa shape index (κ3) is 5.14. The predicted octanol–water partition coefficient (Wildman–Crippen LogP) is 5.50. The van der Waals surface area contributed by atoms with E-state index < -0.39 is 0 Å². The number of nitrogens with one attached hydrogen (secondary N) is 2. The van der Waals surface area contributed by atoms with Gasteiger partial charge in [-0.25, -0.2) is 9.97 Å². The molecule has 3 aromatic rings. The van der Waals surface area contributed by atoms with Crippen molar-refractivity contribution in [2.45, 2.75) is 45.6 Å². The first kappa shape index (κ1) is 21.5. The number of piperidine rings is 1. The van der Waals surface area contributed by atoms with E-state index in [1.54, 1.807) is 18.6 Å². The Morgan fingerprint density at radius 2 is 2.00 bits per heavy atom. The number of nitrogens with zero attached hydrogens (tertiary/aromatic N) is 3. The van der Waals surface area contributed by atoms with Crippen molar-refractivity contribution in [1.29, 1.82) is 0 Å². The fraction of sp³-hybridized carbons (Fsp3) is 0.375. The van der Waals surface area contributed by atoms with Crippen molar-refractivity contribution < 1.29 is 4.74 Å². The van der Waals surface area contributed by atoms with Crippen LogP contribution >= 0.6 is 11.6 Å². The zero-order valence-electron chi connectivity index (χ0n) is 18.2. The van der Waals surface area contributed by atoms with Gasteiger partial charge in [0.25, 0.3) is 0 Å². The second-order valence-electron chi connectivity index (χ2n) is 8.15. The molecule has 0 spiro atoms. The lowest BCUT2D eigenvalue weighted by Gasteiger charge is -2.26. The Morgan fingerprint density at radius 1 is 1.19 bits per heavy atom. The normalized spacial score (nSPS) is 14.6. The van der Waals surface area contributed by atoms with Gasteiger partial charge in [-0.05, 0) is 88.0 Å². The van der Waals surface area contributed by atoms with Crippen molar-refractivity contribution in [3.05, 3.63) is 59.0 Å². The van der Waals surface area contributed by atoms with Gasteiger partial charge in [-0.1, -0.05) is 11.6 Å². The molecule has 1 aliphatic heterocycles. The number of halogens is 1. The summed E-state index contributed by atoms with van der Waals surface area (Å²) in [5, 5.41) is 7.28. The van der Waals surface area contributed by atoms with Crippen LogP contribution in [0.4, 0.5) is 11.5 Å². The largest absolute Gasteiger partial charge is 0.489 e. The molecule has 0 saturated carbocycles. The summed E-state index contributed by atoms with van der Waals surface area (Å²) in [6.07, 6.45) is 7.40. The van der Waals surface area contributed by atoms with Crippen molar-refractivity contribution in [1.82, 2.24) is 20.3 Å². The summed E-state index contributed by atoms with van der Waals surface area (Å²) < 4.78 is 6.18. The van der Waals surface area contributed by atoms with Crippen LogP contribution in [-0.2, 0) is 0 Å². The first-order chi connectivity index (χ1) is 15.0. The molecule has 6 nitrogen and oxygen atoms in total. The van der Waals surface area contributed by atoms with Gasteiger partial charge in [0.15, 0.2) is 11.6 Å². The van der Waals surface area contributed by atoms with Crippen LogP contribution in [0.15, 0.2) is 42.9 Å². The van der Waals surface area contributed by atoms with Crippen LogP contribution < -0.4 is 15.4 Å². The first-order valence-corrected chi connectivity index (χ1v) is 11.1. The molecule has 1 saturated heterocycles. The molecule has 162 valence electrons. The van der Waals surface area contributed by atoms with Crippen molar-refractivity contribution in [2.24, 2.45) is 0 Å². The first-order valence-electron chi connectivity index (χ1n) is 10.7. The van der Waals surface area contributed by atoms with Crippen LogP contribution in [0.1, 0.15) is 43.7 Å². The van der Waals surface area contributed by atoms with Gasteiger partial charge >= 0.3 is 0 Å². The Morgan fingerprint density at radius 3 is 2.71 bits per heavy atom. The van der Waals surface area contributed by atoms with E-state index in [1.807, 2.05) is 26.0 Å². The van der Waals surface area contributed by atoms with E-state index in [2.05, 4.69) is 44.6 Å². The van der Waals surface area contributed by atoms with Crippen molar-refractivity contribution in [2.75, 3.05) is 18.4 Å². The molecule has 0 radical (unpaired) electrons. The number of hydrogen-bond donors (Lipinski definition) is 2. The molecule has 0 bridgehead atoms. The number of benzene rings is 1. The molecule has 31 heavy (non-hydrogen) atoms. The zero-order chi connectivity index (χ0) is 21.8. The van der Waals surface area contributed by atoms with Gasteiger partial charge in [0.1, 0.15) is 10.8 Å². The molecule has 0 unspecified atom stereocenters. The standard InChI is InChI=1S/C24H28ClN5O/c1-15(2)31-22-12-19(17-6-9-26-10-7-17)16(3)11-21(22)29-24-20(25)14-28-23(30-24)18-5-4-8-27-13-18/h4-5,8,11-15,17,26H,6-7,9-10H2,1-3H3,(H,28,29,30). The maximum atomic E-state index is 6.43. The summed E-state index contributed by atoms with van der Waals surface area (Å²) in [6.45, 7) is 8.33. The lowest BCUT2D eigenvalue weighted by Crippen LogP contribution is -2.27. The number of hydrogen-bond acceptors (Lipinski definition) is 6.